The molecule has 0 unspecified atom stereocenters. The fraction of sp³-hybridized carbons (Fsp3) is 0.211. The van der Waals surface area contributed by atoms with Gasteiger partial charge in [-0.3, -0.25) is 14.4 Å². The minimum absolute atomic E-state index is 0.0627. The minimum Gasteiger partial charge on any atom is -0.299 e. The predicted octanol–water partition coefficient (Wildman–Crippen LogP) is 3.45. The van der Waals surface area contributed by atoms with Crippen molar-refractivity contribution in [3.63, 3.8) is 0 Å². The highest BCUT2D eigenvalue weighted by Crippen LogP contribution is 2.27. The van der Waals surface area contributed by atoms with E-state index in [4.69, 9.17) is 0 Å². The standard InChI is InChI=1S/C19H19FN4O3S2/c1-12-7-9-14(10-8-12)18-22-23-19(28-18)21-17(25)13(2)24(29(3,26)27)16-6-4-5-15(20)11-16/h4-11,13H,1-3H3,(H,21,23,25)/t13-/m1/s1. The molecule has 0 aliphatic carbocycles. The fourth-order valence-electron chi connectivity index (χ4n) is 2.72. The summed E-state index contributed by atoms with van der Waals surface area (Å²) in [5, 5.41) is 11.5. The molecule has 1 heterocycles. The Balaban J connectivity index is 1.81. The number of anilines is 2. The summed E-state index contributed by atoms with van der Waals surface area (Å²) in [6.07, 6.45) is 0.960. The average molecular weight is 435 g/mol. The second-order valence-corrected chi connectivity index (χ2v) is 9.32. The monoisotopic (exact) mass is 434 g/mol. The summed E-state index contributed by atoms with van der Waals surface area (Å²) in [6, 6.07) is 11.6. The predicted molar refractivity (Wildman–Crippen MR) is 112 cm³/mol. The van der Waals surface area contributed by atoms with Crippen molar-refractivity contribution < 1.29 is 17.6 Å². The molecule has 0 fully saturated rings. The van der Waals surface area contributed by atoms with Crippen molar-refractivity contribution in [2.45, 2.75) is 19.9 Å². The largest absolute Gasteiger partial charge is 0.299 e. The van der Waals surface area contributed by atoms with Crippen LogP contribution in [0.25, 0.3) is 10.6 Å². The Hall–Kier alpha value is -2.85. The molecule has 7 nitrogen and oxygen atoms in total. The lowest BCUT2D eigenvalue weighted by Gasteiger charge is -2.27. The maximum absolute atomic E-state index is 13.6. The van der Waals surface area contributed by atoms with Crippen LogP contribution in [0.2, 0.25) is 0 Å². The van der Waals surface area contributed by atoms with E-state index in [1.165, 1.54) is 36.5 Å². The molecule has 3 rings (SSSR count). The van der Waals surface area contributed by atoms with Gasteiger partial charge in [-0.05, 0) is 32.0 Å². The number of rotatable bonds is 6. The van der Waals surface area contributed by atoms with Crippen LogP contribution < -0.4 is 9.62 Å². The van der Waals surface area contributed by atoms with Crippen molar-refractivity contribution in [2.24, 2.45) is 0 Å². The molecule has 0 radical (unpaired) electrons. The normalized spacial score (nSPS) is 12.4. The number of benzene rings is 2. The first-order valence-electron chi connectivity index (χ1n) is 8.61. The maximum atomic E-state index is 13.6. The molecule has 0 aliphatic rings. The molecule has 0 saturated heterocycles. The van der Waals surface area contributed by atoms with Crippen LogP contribution in [0, 0.1) is 12.7 Å². The SMILES string of the molecule is Cc1ccc(-c2nnc(NC(=O)[C@@H](C)N(c3cccc(F)c3)S(C)(=O)=O)s2)cc1. The van der Waals surface area contributed by atoms with Gasteiger partial charge < -0.3 is 0 Å². The Morgan fingerprint density at radius 1 is 1.17 bits per heavy atom. The molecule has 3 aromatic rings. The van der Waals surface area contributed by atoms with Gasteiger partial charge in [0.15, 0.2) is 0 Å². The van der Waals surface area contributed by atoms with Gasteiger partial charge in [0.25, 0.3) is 0 Å². The van der Waals surface area contributed by atoms with Gasteiger partial charge in [-0.25, -0.2) is 12.8 Å². The zero-order valence-electron chi connectivity index (χ0n) is 16.0. The number of halogens is 1. The van der Waals surface area contributed by atoms with E-state index in [9.17, 15) is 17.6 Å². The molecule has 0 spiro atoms. The number of sulfonamides is 1. The van der Waals surface area contributed by atoms with Crippen LogP contribution in [-0.2, 0) is 14.8 Å². The van der Waals surface area contributed by atoms with E-state index in [1.807, 2.05) is 31.2 Å². The summed E-state index contributed by atoms with van der Waals surface area (Å²) < 4.78 is 39.0. The van der Waals surface area contributed by atoms with E-state index in [0.717, 1.165) is 27.8 Å². The molecule has 152 valence electrons. The fourth-order valence-corrected chi connectivity index (χ4v) is 4.64. The van der Waals surface area contributed by atoms with Crippen LogP contribution >= 0.6 is 11.3 Å². The lowest BCUT2D eigenvalue weighted by atomic mass is 10.2. The Kier molecular flexibility index (Phi) is 5.94. The molecule has 0 bridgehead atoms. The second-order valence-electron chi connectivity index (χ2n) is 6.48. The van der Waals surface area contributed by atoms with E-state index in [-0.39, 0.29) is 10.8 Å². The summed E-state index contributed by atoms with van der Waals surface area (Å²) in [7, 11) is -3.84. The Morgan fingerprint density at radius 3 is 2.48 bits per heavy atom. The zero-order valence-corrected chi connectivity index (χ0v) is 17.6. The van der Waals surface area contributed by atoms with Gasteiger partial charge >= 0.3 is 0 Å². The van der Waals surface area contributed by atoms with Crippen molar-refractivity contribution in [3.05, 3.63) is 59.9 Å². The third-order valence-electron chi connectivity index (χ3n) is 4.10. The highest BCUT2D eigenvalue weighted by atomic mass is 32.2. The maximum Gasteiger partial charge on any atom is 0.249 e. The lowest BCUT2D eigenvalue weighted by Crippen LogP contribution is -2.45. The number of aryl methyl sites for hydroxylation is 1. The molecule has 1 amide bonds. The van der Waals surface area contributed by atoms with Gasteiger partial charge in [0, 0.05) is 5.56 Å². The molecule has 1 aromatic heterocycles. The van der Waals surface area contributed by atoms with Crippen LogP contribution in [0.1, 0.15) is 12.5 Å². The van der Waals surface area contributed by atoms with Crippen LogP contribution in [0.5, 0.6) is 0 Å². The van der Waals surface area contributed by atoms with Crippen molar-refractivity contribution in [2.75, 3.05) is 15.9 Å². The smallest absolute Gasteiger partial charge is 0.249 e. The number of nitrogens with one attached hydrogen (secondary N) is 1. The van der Waals surface area contributed by atoms with E-state index in [1.54, 1.807) is 0 Å². The number of carbonyl (C=O) groups is 1. The van der Waals surface area contributed by atoms with Crippen LogP contribution in [0.4, 0.5) is 15.2 Å². The highest BCUT2D eigenvalue weighted by Gasteiger charge is 2.30. The first-order valence-corrected chi connectivity index (χ1v) is 11.3. The third kappa shape index (κ3) is 4.96. The van der Waals surface area contributed by atoms with Gasteiger partial charge in [0.2, 0.25) is 21.1 Å². The van der Waals surface area contributed by atoms with Crippen LogP contribution in [-0.4, -0.2) is 36.8 Å². The van der Waals surface area contributed by atoms with Gasteiger partial charge in [-0.2, -0.15) is 0 Å². The minimum atomic E-state index is -3.84. The Labute approximate surface area is 172 Å². The summed E-state index contributed by atoms with van der Waals surface area (Å²) >= 11 is 1.17. The van der Waals surface area contributed by atoms with E-state index in [2.05, 4.69) is 15.5 Å². The van der Waals surface area contributed by atoms with Crippen molar-refractivity contribution in [1.29, 1.82) is 0 Å². The van der Waals surface area contributed by atoms with Crippen molar-refractivity contribution >= 4 is 38.1 Å². The van der Waals surface area contributed by atoms with Gasteiger partial charge in [0.1, 0.15) is 16.9 Å². The number of amides is 1. The summed E-state index contributed by atoms with van der Waals surface area (Å²) in [5.41, 5.74) is 2.03. The molecule has 29 heavy (non-hydrogen) atoms. The highest BCUT2D eigenvalue weighted by molar-refractivity contribution is 7.92. The number of aromatic nitrogens is 2. The van der Waals surface area contributed by atoms with E-state index >= 15 is 0 Å². The topological polar surface area (TPSA) is 92.3 Å². The van der Waals surface area contributed by atoms with Crippen molar-refractivity contribution in [1.82, 2.24) is 10.2 Å². The molecular weight excluding hydrogens is 415 g/mol. The van der Waals surface area contributed by atoms with E-state index < -0.39 is 27.8 Å². The molecule has 0 aliphatic heterocycles. The first-order chi connectivity index (χ1) is 13.6. The molecule has 1 atom stereocenters. The van der Waals surface area contributed by atoms with E-state index in [0.29, 0.717) is 5.01 Å². The quantitative estimate of drug-likeness (QED) is 0.642. The van der Waals surface area contributed by atoms with Crippen molar-refractivity contribution in [3.8, 4) is 10.6 Å². The number of nitrogens with zero attached hydrogens (tertiary/aromatic N) is 3. The van der Waals surface area contributed by atoms with Crippen LogP contribution in [0.15, 0.2) is 48.5 Å². The molecule has 1 N–H and O–H groups in total. The van der Waals surface area contributed by atoms with Crippen LogP contribution in [0.3, 0.4) is 0 Å². The number of hydrogen-bond donors (Lipinski definition) is 1. The molecule has 0 saturated carbocycles. The zero-order chi connectivity index (χ0) is 21.2. The van der Waals surface area contributed by atoms with Gasteiger partial charge in [-0.15, -0.1) is 10.2 Å². The Bertz CT molecular complexity index is 1130. The molecular formula is C19H19FN4O3S2. The number of carbonyl (C=O) groups excluding carboxylic acids is 1. The van der Waals surface area contributed by atoms with Gasteiger partial charge in [0.05, 0.1) is 11.9 Å². The average Bonchev–Trinajstić information content (AvgIpc) is 3.09. The van der Waals surface area contributed by atoms with Gasteiger partial charge in [-0.1, -0.05) is 47.2 Å². The molecule has 10 heteroatoms. The summed E-state index contributed by atoms with van der Waals surface area (Å²) in [4.78, 5) is 12.7. The number of hydrogen-bond acceptors (Lipinski definition) is 6. The first kappa shape index (κ1) is 20.9. The third-order valence-corrected chi connectivity index (χ3v) is 6.23. The lowest BCUT2D eigenvalue weighted by molar-refractivity contribution is -0.116. The summed E-state index contributed by atoms with van der Waals surface area (Å²) in [5.74, 6) is -1.21. The second kappa shape index (κ2) is 8.26. The Morgan fingerprint density at radius 2 is 1.86 bits per heavy atom. The molecule has 2 aromatic carbocycles. The summed E-state index contributed by atoms with van der Waals surface area (Å²) in [6.45, 7) is 3.40.